The molecule has 3 aromatic rings. The van der Waals surface area contributed by atoms with Crippen LogP contribution in [0.25, 0.3) is 11.1 Å². The number of aryl methyl sites for hydroxylation is 1. The second-order valence-corrected chi connectivity index (χ2v) is 7.58. The zero-order chi connectivity index (χ0) is 22.8. The van der Waals surface area contributed by atoms with Crippen LogP contribution in [0, 0.1) is 12.7 Å². The zero-order valence-corrected chi connectivity index (χ0v) is 17.8. The summed E-state index contributed by atoms with van der Waals surface area (Å²) >= 11 is 0. The number of aliphatic imine (C=N–C) groups is 1. The molecule has 0 fully saturated rings. The molecule has 0 amide bonds. The molecule has 1 aliphatic heterocycles. The highest BCUT2D eigenvalue weighted by Crippen LogP contribution is 2.26. The first-order chi connectivity index (χ1) is 15.4. The third-order valence-electron chi connectivity index (χ3n) is 5.61. The molecule has 0 spiro atoms. The fraction of sp³-hybridized carbons (Fsp3) is 0.261. The zero-order valence-electron chi connectivity index (χ0n) is 17.8. The Labute approximate surface area is 183 Å². The van der Waals surface area contributed by atoms with E-state index in [4.69, 9.17) is 14.9 Å². The predicted octanol–water partition coefficient (Wildman–Crippen LogP) is 2.63. The predicted molar refractivity (Wildman–Crippen MR) is 119 cm³/mol. The van der Waals surface area contributed by atoms with E-state index in [-0.39, 0.29) is 11.6 Å². The highest BCUT2D eigenvalue weighted by molar-refractivity contribution is 5.94. The fourth-order valence-corrected chi connectivity index (χ4v) is 3.67. The molecule has 2 aromatic carbocycles. The largest absolute Gasteiger partial charge is 0.457 e. The summed E-state index contributed by atoms with van der Waals surface area (Å²) < 4.78 is 25.4. The lowest BCUT2D eigenvalue weighted by atomic mass is 9.97. The first kappa shape index (κ1) is 21.5. The van der Waals surface area contributed by atoms with Gasteiger partial charge in [-0.05, 0) is 54.9 Å². The number of oxazole rings is 1. The van der Waals surface area contributed by atoms with Gasteiger partial charge in [-0.3, -0.25) is 9.56 Å². The summed E-state index contributed by atoms with van der Waals surface area (Å²) in [5, 5.41) is 3.31. The number of cyclic esters (lactones) is 1. The smallest absolute Gasteiger partial charge is 0.419 e. The summed E-state index contributed by atoms with van der Waals surface area (Å²) in [7, 11) is 1.50. The van der Waals surface area contributed by atoms with Crippen LogP contribution in [0.4, 0.5) is 10.1 Å². The van der Waals surface area contributed by atoms with Crippen molar-refractivity contribution in [3.63, 3.8) is 0 Å². The van der Waals surface area contributed by atoms with Crippen molar-refractivity contribution in [1.29, 1.82) is 0 Å². The molecule has 0 atom stereocenters. The van der Waals surface area contributed by atoms with E-state index in [1.54, 1.807) is 12.3 Å². The lowest BCUT2D eigenvalue weighted by Gasteiger charge is -2.10. The highest BCUT2D eigenvalue weighted by Gasteiger charge is 2.23. The quantitative estimate of drug-likeness (QED) is 0.333. The Kier molecular flexibility index (Phi) is 5.91. The van der Waals surface area contributed by atoms with Crippen molar-refractivity contribution >= 4 is 29.0 Å². The molecule has 1 aromatic heterocycles. The van der Waals surface area contributed by atoms with Gasteiger partial charge in [0.05, 0.1) is 16.8 Å². The van der Waals surface area contributed by atoms with E-state index in [0.29, 0.717) is 36.5 Å². The minimum Gasteiger partial charge on any atom is -0.457 e. The summed E-state index contributed by atoms with van der Waals surface area (Å²) in [5.74, 6) is -1.55. The lowest BCUT2D eigenvalue weighted by molar-refractivity contribution is 0.0535. The van der Waals surface area contributed by atoms with E-state index >= 15 is 0 Å². The topological polar surface area (TPSA) is 112 Å². The Morgan fingerprint density at radius 1 is 1.34 bits per heavy atom. The summed E-state index contributed by atoms with van der Waals surface area (Å²) in [5.41, 5.74) is 10.8. The van der Waals surface area contributed by atoms with Crippen molar-refractivity contribution in [2.24, 2.45) is 17.8 Å². The molecule has 4 rings (SSSR count). The van der Waals surface area contributed by atoms with Crippen molar-refractivity contribution in [2.75, 3.05) is 13.1 Å². The molecular formula is C23H23FN4O4. The van der Waals surface area contributed by atoms with Gasteiger partial charge in [-0.2, -0.15) is 0 Å². The molecule has 0 aliphatic carbocycles. The minimum absolute atomic E-state index is 0.0921. The molecule has 3 N–H and O–H groups in total. The maximum atomic E-state index is 14.2. The number of hydrogen-bond acceptors (Lipinski definition) is 7. The molecule has 0 radical (unpaired) electrons. The molecule has 9 heteroatoms. The van der Waals surface area contributed by atoms with Crippen molar-refractivity contribution < 1.29 is 18.3 Å². The van der Waals surface area contributed by atoms with Gasteiger partial charge in [-0.25, -0.2) is 14.0 Å². The van der Waals surface area contributed by atoms with Crippen molar-refractivity contribution in [1.82, 2.24) is 9.88 Å². The van der Waals surface area contributed by atoms with Gasteiger partial charge in [-0.15, -0.1) is 0 Å². The maximum Gasteiger partial charge on any atom is 0.419 e. The van der Waals surface area contributed by atoms with E-state index in [1.807, 2.05) is 19.1 Å². The number of ether oxygens (including phenoxy) is 1. The number of hydrogen-bond donors (Lipinski definition) is 2. The molecule has 0 bridgehead atoms. The van der Waals surface area contributed by atoms with Crippen LogP contribution in [0.2, 0.25) is 0 Å². The Morgan fingerprint density at radius 2 is 2.16 bits per heavy atom. The number of nitrogens with two attached hydrogens (primary N) is 1. The molecule has 0 saturated heterocycles. The Bertz CT molecular complexity index is 1320. The standard InChI is InChI=1S/C23H23FN4O4/c1-13-15(3-4-17-18(13)12-31-22(17)29)5-6-26-10-14(9-25)11-27-16-7-19(24)21-20(8-16)28(2)23(30)32-21/h3-4,7-9,11,26H,5-6,10,12,25H2,1-2H3. The molecule has 1 aliphatic rings. The van der Waals surface area contributed by atoms with Crippen molar-refractivity contribution in [3.05, 3.63) is 74.7 Å². The number of fused-ring (bicyclic) bond motifs is 2. The van der Waals surface area contributed by atoms with Gasteiger partial charge in [0, 0.05) is 31.4 Å². The molecule has 32 heavy (non-hydrogen) atoms. The van der Waals surface area contributed by atoms with E-state index in [0.717, 1.165) is 28.7 Å². The van der Waals surface area contributed by atoms with E-state index in [1.165, 1.54) is 23.9 Å². The molecular weight excluding hydrogens is 415 g/mol. The van der Waals surface area contributed by atoms with Gasteiger partial charge in [0.25, 0.3) is 0 Å². The van der Waals surface area contributed by atoms with Gasteiger partial charge < -0.3 is 20.2 Å². The van der Waals surface area contributed by atoms with Gasteiger partial charge >= 0.3 is 11.7 Å². The number of nitrogens with zero attached hydrogens (tertiary/aromatic N) is 2. The van der Waals surface area contributed by atoms with Crippen molar-refractivity contribution in [3.8, 4) is 0 Å². The summed E-state index contributed by atoms with van der Waals surface area (Å²) in [6.45, 7) is 3.49. The first-order valence-corrected chi connectivity index (χ1v) is 10.1. The SMILES string of the molecule is Cc1c(CCNCC(C=Nc2cc(F)c3oc(=O)n(C)c3c2)=CN)ccc2c1COC2=O. The molecule has 8 nitrogen and oxygen atoms in total. The van der Waals surface area contributed by atoms with Gasteiger partial charge in [0.15, 0.2) is 11.4 Å². The Hall–Kier alpha value is -3.72. The van der Waals surface area contributed by atoms with Crippen LogP contribution in [0.3, 0.4) is 0 Å². The number of carbonyl (C=O) groups excluding carboxylic acids is 1. The number of benzene rings is 2. The molecule has 0 saturated carbocycles. The van der Waals surface area contributed by atoms with E-state index in [9.17, 15) is 14.0 Å². The highest BCUT2D eigenvalue weighted by atomic mass is 19.1. The number of halogens is 1. The number of esters is 1. The number of rotatable bonds is 7. The second kappa shape index (κ2) is 8.80. The monoisotopic (exact) mass is 438 g/mol. The third-order valence-corrected chi connectivity index (χ3v) is 5.61. The Balaban J connectivity index is 1.36. The van der Waals surface area contributed by atoms with Crippen LogP contribution in [0.1, 0.15) is 27.0 Å². The van der Waals surface area contributed by atoms with Crippen LogP contribution in [-0.2, 0) is 24.8 Å². The maximum absolute atomic E-state index is 14.2. The van der Waals surface area contributed by atoms with Crippen LogP contribution >= 0.6 is 0 Å². The average molecular weight is 438 g/mol. The van der Waals surface area contributed by atoms with Gasteiger partial charge in [0.2, 0.25) is 0 Å². The molecule has 0 unspecified atom stereocenters. The molecule has 2 heterocycles. The first-order valence-electron chi connectivity index (χ1n) is 10.1. The van der Waals surface area contributed by atoms with Crippen LogP contribution in [0.5, 0.6) is 0 Å². The van der Waals surface area contributed by atoms with Crippen LogP contribution < -0.4 is 16.8 Å². The van der Waals surface area contributed by atoms with E-state index < -0.39 is 11.6 Å². The number of aromatic nitrogens is 1. The van der Waals surface area contributed by atoms with Crippen LogP contribution in [0.15, 0.2) is 50.2 Å². The third kappa shape index (κ3) is 4.06. The Morgan fingerprint density at radius 3 is 2.94 bits per heavy atom. The van der Waals surface area contributed by atoms with Gasteiger partial charge in [0.1, 0.15) is 6.61 Å². The average Bonchev–Trinajstić information content (AvgIpc) is 3.30. The lowest BCUT2D eigenvalue weighted by Crippen LogP contribution is -2.21. The fourth-order valence-electron chi connectivity index (χ4n) is 3.67. The normalized spacial score (nSPS) is 13.8. The number of nitrogens with one attached hydrogen (secondary N) is 1. The number of carbonyl (C=O) groups is 1. The summed E-state index contributed by atoms with van der Waals surface area (Å²) in [6, 6.07) is 6.55. The van der Waals surface area contributed by atoms with Crippen LogP contribution in [-0.4, -0.2) is 29.8 Å². The summed E-state index contributed by atoms with van der Waals surface area (Å²) in [6.07, 6.45) is 3.76. The van der Waals surface area contributed by atoms with Gasteiger partial charge in [-0.1, -0.05) is 6.07 Å². The minimum atomic E-state index is -0.652. The summed E-state index contributed by atoms with van der Waals surface area (Å²) in [4.78, 5) is 27.5. The van der Waals surface area contributed by atoms with Crippen molar-refractivity contribution in [2.45, 2.75) is 20.0 Å². The molecule has 166 valence electrons. The second-order valence-electron chi connectivity index (χ2n) is 7.58. The van der Waals surface area contributed by atoms with E-state index in [2.05, 4.69) is 10.3 Å².